The molecule has 6 heteroatoms. The second kappa shape index (κ2) is 8.16. The van der Waals surface area contributed by atoms with Crippen molar-refractivity contribution in [3.05, 3.63) is 70.8 Å². The highest BCUT2D eigenvalue weighted by Gasteiger charge is 2.25. The maximum absolute atomic E-state index is 12.6. The number of nitrogens with zero attached hydrogens (tertiary/aromatic N) is 1. The molecule has 26 heavy (non-hydrogen) atoms. The van der Waals surface area contributed by atoms with Gasteiger partial charge in [0.15, 0.2) is 5.78 Å². The van der Waals surface area contributed by atoms with E-state index >= 15 is 0 Å². The van der Waals surface area contributed by atoms with E-state index in [1.807, 2.05) is 12.1 Å². The Kier molecular flexibility index (Phi) is 5.91. The fourth-order valence-electron chi connectivity index (χ4n) is 2.89. The predicted molar refractivity (Wildman–Crippen MR) is 104 cm³/mol. The van der Waals surface area contributed by atoms with Gasteiger partial charge in [0.25, 0.3) is 0 Å². The Morgan fingerprint density at radius 3 is 2.15 bits per heavy atom. The van der Waals surface area contributed by atoms with Crippen LogP contribution in [0.1, 0.15) is 35.2 Å². The maximum atomic E-state index is 12.6. The number of hydrogen-bond acceptors (Lipinski definition) is 3. The summed E-state index contributed by atoms with van der Waals surface area (Å²) in [5.41, 5.74) is 1.32. The molecule has 0 bridgehead atoms. The van der Waals surface area contributed by atoms with Crippen LogP contribution in [-0.2, 0) is 10.0 Å². The highest BCUT2D eigenvalue weighted by Crippen LogP contribution is 2.21. The monoisotopic (exact) mass is 389 g/mol. The summed E-state index contributed by atoms with van der Waals surface area (Å²) in [4.78, 5) is 12.5. The average Bonchev–Trinajstić information content (AvgIpc) is 2.68. The van der Waals surface area contributed by atoms with Crippen molar-refractivity contribution in [2.45, 2.75) is 24.2 Å². The Bertz CT molecular complexity index is 897. The summed E-state index contributed by atoms with van der Waals surface area (Å²) in [7, 11) is -3.47. The Balaban J connectivity index is 1.72. The highest BCUT2D eigenvalue weighted by molar-refractivity contribution is 7.89. The Labute approximate surface area is 159 Å². The number of allylic oxidation sites excluding steroid dienone is 1. The molecule has 0 spiro atoms. The SMILES string of the molecule is O=C(/C=C/c1ccc(Cl)cc1)c1ccc(S(=O)(=O)N2CCCCC2)cc1. The van der Waals surface area contributed by atoms with Gasteiger partial charge in [0.1, 0.15) is 0 Å². The zero-order valence-electron chi connectivity index (χ0n) is 14.3. The van der Waals surface area contributed by atoms with E-state index in [-0.39, 0.29) is 10.7 Å². The van der Waals surface area contributed by atoms with E-state index in [1.165, 1.54) is 22.5 Å². The Morgan fingerprint density at radius 1 is 0.923 bits per heavy atom. The van der Waals surface area contributed by atoms with Gasteiger partial charge in [0.05, 0.1) is 4.90 Å². The molecule has 1 heterocycles. The summed E-state index contributed by atoms with van der Waals surface area (Å²) in [5, 5.41) is 0.638. The lowest BCUT2D eigenvalue weighted by Gasteiger charge is -2.25. The molecule has 136 valence electrons. The summed E-state index contributed by atoms with van der Waals surface area (Å²) < 4.78 is 26.8. The number of carbonyl (C=O) groups excluding carboxylic acids is 1. The molecule has 3 rings (SSSR count). The maximum Gasteiger partial charge on any atom is 0.243 e. The van der Waals surface area contributed by atoms with Crippen molar-refractivity contribution in [3.8, 4) is 0 Å². The highest BCUT2D eigenvalue weighted by atomic mass is 35.5. The van der Waals surface area contributed by atoms with Gasteiger partial charge >= 0.3 is 0 Å². The summed E-state index contributed by atoms with van der Waals surface area (Å²) in [6.45, 7) is 1.12. The van der Waals surface area contributed by atoms with Crippen LogP contribution in [0.5, 0.6) is 0 Å². The number of halogens is 1. The fraction of sp³-hybridized carbons (Fsp3) is 0.250. The molecule has 1 aliphatic rings. The van der Waals surface area contributed by atoms with Crippen molar-refractivity contribution in [3.63, 3.8) is 0 Å². The first-order chi connectivity index (χ1) is 12.5. The predicted octanol–water partition coefficient (Wildman–Crippen LogP) is 4.41. The van der Waals surface area contributed by atoms with Crippen LogP contribution in [0.25, 0.3) is 6.08 Å². The molecule has 0 amide bonds. The van der Waals surface area contributed by atoms with Gasteiger partial charge in [-0.05, 0) is 60.9 Å². The second-order valence-electron chi connectivity index (χ2n) is 6.24. The zero-order valence-corrected chi connectivity index (χ0v) is 15.8. The lowest BCUT2D eigenvalue weighted by molar-refractivity contribution is 0.104. The fourth-order valence-corrected chi connectivity index (χ4v) is 4.53. The molecule has 1 saturated heterocycles. The van der Waals surface area contributed by atoms with Crippen LogP contribution in [0.2, 0.25) is 5.02 Å². The third-order valence-corrected chi connectivity index (χ3v) is 6.55. The molecule has 0 aromatic heterocycles. The first-order valence-electron chi connectivity index (χ1n) is 8.55. The van der Waals surface area contributed by atoms with Gasteiger partial charge in [0.2, 0.25) is 10.0 Å². The largest absolute Gasteiger partial charge is 0.289 e. The molecule has 1 aliphatic heterocycles. The van der Waals surface area contributed by atoms with E-state index in [0.29, 0.717) is 23.7 Å². The third kappa shape index (κ3) is 4.41. The summed E-state index contributed by atoms with van der Waals surface area (Å²) in [6.07, 6.45) is 6.03. The summed E-state index contributed by atoms with van der Waals surface area (Å²) >= 11 is 5.83. The molecule has 2 aromatic rings. The van der Waals surface area contributed by atoms with Gasteiger partial charge in [-0.3, -0.25) is 4.79 Å². The van der Waals surface area contributed by atoms with Crippen molar-refractivity contribution in [1.82, 2.24) is 4.31 Å². The van der Waals surface area contributed by atoms with Gasteiger partial charge in [-0.15, -0.1) is 0 Å². The van der Waals surface area contributed by atoms with Crippen LogP contribution >= 0.6 is 11.6 Å². The van der Waals surface area contributed by atoms with E-state index in [2.05, 4.69) is 0 Å². The smallest absolute Gasteiger partial charge is 0.243 e. The van der Waals surface area contributed by atoms with Gasteiger partial charge in [-0.1, -0.05) is 36.2 Å². The van der Waals surface area contributed by atoms with Crippen molar-refractivity contribution >= 4 is 33.5 Å². The van der Waals surface area contributed by atoms with Crippen molar-refractivity contribution in [1.29, 1.82) is 0 Å². The second-order valence-corrected chi connectivity index (χ2v) is 8.61. The first kappa shape index (κ1) is 18.8. The number of rotatable bonds is 5. The van der Waals surface area contributed by atoms with Gasteiger partial charge in [-0.25, -0.2) is 8.42 Å². The van der Waals surface area contributed by atoms with E-state index < -0.39 is 10.0 Å². The summed E-state index contributed by atoms with van der Waals surface area (Å²) in [6, 6.07) is 13.3. The van der Waals surface area contributed by atoms with E-state index in [4.69, 9.17) is 11.6 Å². The molecule has 1 fully saturated rings. The molecule has 4 nitrogen and oxygen atoms in total. The molecule has 2 aromatic carbocycles. The molecule has 0 N–H and O–H groups in total. The quantitative estimate of drug-likeness (QED) is 0.562. The number of sulfonamides is 1. The number of carbonyl (C=O) groups is 1. The Hall–Kier alpha value is -1.95. The molecule has 0 radical (unpaired) electrons. The zero-order chi connectivity index (χ0) is 18.6. The van der Waals surface area contributed by atoms with Gasteiger partial charge in [-0.2, -0.15) is 4.31 Å². The standard InChI is InChI=1S/C20H20ClNO3S/c21-18-9-4-16(5-10-18)6-13-20(23)17-7-11-19(12-8-17)26(24,25)22-14-2-1-3-15-22/h4-13H,1-3,14-15H2/b13-6+. The minimum absolute atomic E-state index is 0.179. The van der Waals surface area contributed by atoms with E-state index in [0.717, 1.165) is 24.8 Å². The lowest BCUT2D eigenvalue weighted by Crippen LogP contribution is -2.35. The molecular formula is C20H20ClNO3S. The molecule has 0 aliphatic carbocycles. The number of benzene rings is 2. The first-order valence-corrected chi connectivity index (χ1v) is 10.4. The normalized spacial score (nSPS) is 16.0. The van der Waals surface area contributed by atoms with E-state index in [1.54, 1.807) is 30.3 Å². The van der Waals surface area contributed by atoms with Crippen LogP contribution in [0.15, 0.2) is 59.5 Å². The number of ketones is 1. The topological polar surface area (TPSA) is 54.5 Å². The van der Waals surface area contributed by atoms with E-state index in [9.17, 15) is 13.2 Å². The number of hydrogen-bond donors (Lipinski definition) is 0. The minimum Gasteiger partial charge on any atom is -0.289 e. The van der Waals surface area contributed by atoms with Crippen LogP contribution < -0.4 is 0 Å². The van der Waals surface area contributed by atoms with Crippen LogP contribution in [-0.4, -0.2) is 31.6 Å². The number of piperidine rings is 1. The van der Waals surface area contributed by atoms with Gasteiger partial charge in [0, 0.05) is 23.7 Å². The van der Waals surface area contributed by atoms with Crippen molar-refractivity contribution in [2.75, 3.05) is 13.1 Å². The lowest BCUT2D eigenvalue weighted by atomic mass is 10.1. The molecular weight excluding hydrogens is 370 g/mol. The van der Waals surface area contributed by atoms with Crippen LogP contribution in [0, 0.1) is 0 Å². The van der Waals surface area contributed by atoms with Crippen molar-refractivity contribution < 1.29 is 13.2 Å². The molecule has 0 unspecified atom stereocenters. The molecule has 0 atom stereocenters. The Morgan fingerprint density at radius 2 is 1.54 bits per heavy atom. The summed E-state index contributed by atoms with van der Waals surface area (Å²) in [5.74, 6) is -0.179. The minimum atomic E-state index is -3.47. The van der Waals surface area contributed by atoms with Crippen LogP contribution in [0.3, 0.4) is 0 Å². The third-order valence-electron chi connectivity index (χ3n) is 4.39. The van der Waals surface area contributed by atoms with Crippen LogP contribution in [0.4, 0.5) is 0 Å². The average molecular weight is 390 g/mol. The molecule has 0 saturated carbocycles. The van der Waals surface area contributed by atoms with Gasteiger partial charge < -0.3 is 0 Å². The van der Waals surface area contributed by atoms with Crippen molar-refractivity contribution in [2.24, 2.45) is 0 Å².